The molecular formula is C9H21N5O5. The summed E-state index contributed by atoms with van der Waals surface area (Å²) in [5.74, 6) is -2.29. The topological polar surface area (TPSA) is 209 Å². The van der Waals surface area contributed by atoms with Crippen LogP contribution in [-0.2, 0) is 9.59 Å². The average Bonchev–Trinajstić information content (AvgIpc) is 2.33. The molecule has 0 amide bonds. The Kier molecular flexibility index (Phi) is 11.4. The van der Waals surface area contributed by atoms with Crippen molar-refractivity contribution >= 4 is 17.9 Å². The molecule has 0 heterocycles. The number of rotatable bonds is 7. The third-order valence-electron chi connectivity index (χ3n) is 1.84. The van der Waals surface area contributed by atoms with Gasteiger partial charge >= 0.3 is 11.9 Å². The molecule has 11 N–H and O–H groups in total. The molecule has 0 aromatic carbocycles. The molecule has 19 heavy (non-hydrogen) atoms. The number of carboxylic acids is 2. The predicted octanol–water partition coefficient (Wildman–Crippen LogP) is -2.95. The van der Waals surface area contributed by atoms with E-state index in [1.165, 1.54) is 0 Å². The molecule has 0 aliphatic rings. The molecule has 0 fully saturated rings. The molecule has 10 heteroatoms. The lowest BCUT2D eigenvalue weighted by Gasteiger charge is -2.06. The van der Waals surface area contributed by atoms with Crippen molar-refractivity contribution in [3.63, 3.8) is 0 Å². The maximum atomic E-state index is 10.2. The second-order valence-corrected chi connectivity index (χ2v) is 3.55. The van der Waals surface area contributed by atoms with Gasteiger partial charge in [0.05, 0.1) is 6.61 Å². The van der Waals surface area contributed by atoms with Gasteiger partial charge in [-0.2, -0.15) is 0 Å². The van der Waals surface area contributed by atoms with Gasteiger partial charge in [-0.15, -0.1) is 0 Å². The molecule has 0 aliphatic heterocycles. The average molecular weight is 279 g/mol. The maximum Gasteiger partial charge on any atom is 0.322 e. The number of nitrogens with two attached hydrogens (primary N) is 3. The van der Waals surface area contributed by atoms with Gasteiger partial charge in [0.15, 0.2) is 5.96 Å². The Balaban J connectivity index is 0. The highest BCUT2D eigenvalue weighted by molar-refractivity contribution is 5.74. The minimum absolute atomic E-state index is 0.112. The molecule has 0 rings (SSSR count). The van der Waals surface area contributed by atoms with Gasteiger partial charge in [0.25, 0.3) is 0 Å². The SMILES string of the molecule is N=C(N)NCCC[C@H](N)C(=O)O.N[C@@H](CO)C(=O)O. The quantitative estimate of drug-likeness (QED) is 0.136. The van der Waals surface area contributed by atoms with E-state index >= 15 is 0 Å². The van der Waals surface area contributed by atoms with E-state index in [0.717, 1.165) is 0 Å². The summed E-state index contributed by atoms with van der Waals surface area (Å²) in [6.45, 7) is -0.0222. The summed E-state index contributed by atoms with van der Waals surface area (Å²) in [7, 11) is 0. The van der Waals surface area contributed by atoms with Crippen LogP contribution in [0.5, 0.6) is 0 Å². The molecule has 10 nitrogen and oxygen atoms in total. The second kappa shape index (κ2) is 11.2. The van der Waals surface area contributed by atoms with Crippen molar-refractivity contribution in [3.05, 3.63) is 0 Å². The fourth-order valence-electron chi connectivity index (χ4n) is 0.747. The van der Waals surface area contributed by atoms with Crippen LogP contribution < -0.4 is 22.5 Å². The highest BCUT2D eigenvalue weighted by Gasteiger charge is 2.09. The Bertz CT molecular complexity index is 299. The third kappa shape index (κ3) is 14.0. The Hall–Kier alpha value is -1.91. The smallest absolute Gasteiger partial charge is 0.322 e. The molecule has 112 valence electrons. The molecule has 0 aliphatic carbocycles. The zero-order chi connectivity index (χ0) is 15.4. The minimum atomic E-state index is -1.18. The van der Waals surface area contributed by atoms with E-state index in [4.69, 9.17) is 37.9 Å². The summed E-state index contributed by atoms with van der Waals surface area (Å²) in [4.78, 5) is 19.9. The standard InChI is InChI=1S/C6H14N4O2.C3H7NO3/c7-4(5(11)12)2-1-3-10-6(8)9;4-2(1-5)3(6)7/h4H,1-3,7H2,(H,11,12)(H4,8,9,10);2,5H,1,4H2,(H,6,7)/t4-;2-/m00/s1. The van der Waals surface area contributed by atoms with Gasteiger partial charge in [0.2, 0.25) is 0 Å². The second-order valence-electron chi connectivity index (χ2n) is 3.55. The zero-order valence-electron chi connectivity index (χ0n) is 10.4. The van der Waals surface area contributed by atoms with Crippen LogP contribution in [0.4, 0.5) is 0 Å². The van der Waals surface area contributed by atoms with Gasteiger partial charge in [-0.25, -0.2) is 0 Å². The van der Waals surface area contributed by atoms with Crippen molar-refractivity contribution in [2.24, 2.45) is 17.2 Å². The Morgan fingerprint density at radius 1 is 1.16 bits per heavy atom. The van der Waals surface area contributed by atoms with Crippen molar-refractivity contribution in [2.45, 2.75) is 24.9 Å². The predicted molar refractivity (Wildman–Crippen MR) is 67.5 cm³/mol. The van der Waals surface area contributed by atoms with Crippen LogP contribution in [-0.4, -0.2) is 58.5 Å². The summed E-state index contributed by atoms with van der Waals surface area (Å²) in [5.41, 5.74) is 15.0. The zero-order valence-corrected chi connectivity index (χ0v) is 10.4. The number of hydrogen-bond donors (Lipinski definition) is 8. The number of carboxylic acid groups (broad SMARTS) is 2. The molecule has 0 saturated carbocycles. The summed E-state index contributed by atoms with van der Waals surface area (Å²) < 4.78 is 0. The lowest BCUT2D eigenvalue weighted by atomic mass is 10.2. The monoisotopic (exact) mass is 279 g/mol. The van der Waals surface area contributed by atoms with E-state index in [1.807, 2.05) is 0 Å². The van der Waals surface area contributed by atoms with Crippen LogP contribution >= 0.6 is 0 Å². The van der Waals surface area contributed by atoms with Crippen molar-refractivity contribution in [3.8, 4) is 0 Å². The molecule has 0 unspecified atom stereocenters. The Morgan fingerprint density at radius 2 is 1.63 bits per heavy atom. The van der Waals surface area contributed by atoms with E-state index in [9.17, 15) is 9.59 Å². The fraction of sp³-hybridized carbons (Fsp3) is 0.667. The van der Waals surface area contributed by atoms with E-state index in [2.05, 4.69) is 5.32 Å². The van der Waals surface area contributed by atoms with E-state index < -0.39 is 30.6 Å². The number of nitrogens with one attached hydrogen (secondary N) is 2. The first-order valence-electron chi connectivity index (χ1n) is 5.37. The van der Waals surface area contributed by atoms with Crippen LogP contribution in [0.1, 0.15) is 12.8 Å². The van der Waals surface area contributed by atoms with Crippen LogP contribution in [0.3, 0.4) is 0 Å². The van der Waals surface area contributed by atoms with Gasteiger partial charge in [0.1, 0.15) is 12.1 Å². The van der Waals surface area contributed by atoms with Crippen molar-refractivity contribution in [2.75, 3.05) is 13.2 Å². The van der Waals surface area contributed by atoms with E-state index in [1.54, 1.807) is 0 Å². The molecular weight excluding hydrogens is 258 g/mol. The first-order valence-corrected chi connectivity index (χ1v) is 5.37. The molecule has 0 aromatic heterocycles. The van der Waals surface area contributed by atoms with E-state index in [0.29, 0.717) is 19.4 Å². The fourth-order valence-corrected chi connectivity index (χ4v) is 0.747. The number of aliphatic hydroxyl groups is 1. The molecule has 0 saturated heterocycles. The van der Waals surface area contributed by atoms with E-state index in [-0.39, 0.29) is 5.96 Å². The summed E-state index contributed by atoms with van der Waals surface area (Å²) in [6.07, 6.45) is 0.975. The van der Waals surface area contributed by atoms with Crippen LogP contribution in [0, 0.1) is 5.41 Å². The highest BCUT2D eigenvalue weighted by atomic mass is 16.4. The first kappa shape index (κ1) is 19.4. The molecule has 0 aromatic rings. The lowest BCUT2D eigenvalue weighted by molar-refractivity contribution is -0.140. The Morgan fingerprint density at radius 3 is 1.89 bits per heavy atom. The van der Waals surface area contributed by atoms with Crippen molar-refractivity contribution < 1.29 is 24.9 Å². The Labute approximate surface area is 110 Å². The van der Waals surface area contributed by atoms with Gasteiger partial charge in [-0.05, 0) is 12.8 Å². The number of aliphatic carboxylic acids is 2. The summed E-state index contributed by atoms with van der Waals surface area (Å²) in [5, 5.41) is 33.6. The van der Waals surface area contributed by atoms with Gasteiger partial charge in [-0.1, -0.05) is 0 Å². The molecule has 0 bridgehead atoms. The van der Waals surface area contributed by atoms with Crippen LogP contribution in [0.25, 0.3) is 0 Å². The van der Waals surface area contributed by atoms with Crippen molar-refractivity contribution in [1.29, 1.82) is 5.41 Å². The highest BCUT2D eigenvalue weighted by Crippen LogP contribution is 1.92. The van der Waals surface area contributed by atoms with Crippen LogP contribution in [0.2, 0.25) is 0 Å². The van der Waals surface area contributed by atoms with Gasteiger partial charge < -0.3 is 37.8 Å². The first-order chi connectivity index (χ1) is 8.72. The largest absolute Gasteiger partial charge is 0.480 e. The number of aliphatic hydroxyl groups excluding tert-OH is 1. The lowest BCUT2D eigenvalue weighted by Crippen LogP contribution is -2.34. The molecule has 0 radical (unpaired) electrons. The molecule has 2 atom stereocenters. The number of hydrogen-bond acceptors (Lipinski definition) is 6. The van der Waals surface area contributed by atoms with Gasteiger partial charge in [0, 0.05) is 6.54 Å². The van der Waals surface area contributed by atoms with Gasteiger partial charge in [-0.3, -0.25) is 15.0 Å². The minimum Gasteiger partial charge on any atom is -0.480 e. The third-order valence-corrected chi connectivity index (χ3v) is 1.84. The summed E-state index contributed by atoms with van der Waals surface area (Å²) in [6, 6.07) is -1.95. The number of guanidine groups is 1. The van der Waals surface area contributed by atoms with Crippen LogP contribution in [0.15, 0.2) is 0 Å². The van der Waals surface area contributed by atoms with Crippen molar-refractivity contribution in [1.82, 2.24) is 5.32 Å². The maximum absolute atomic E-state index is 10.2. The summed E-state index contributed by atoms with van der Waals surface area (Å²) >= 11 is 0. The normalized spacial score (nSPS) is 12.6. The molecule has 0 spiro atoms. The number of carbonyl (C=O) groups is 2.